The Hall–Kier alpha value is -1.85. The average molecular weight is 317 g/mol. The van der Waals surface area contributed by atoms with Gasteiger partial charge in [-0.3, -0.25) is 4.79 Å². The lowest BCUT2D eigenvalue weighted by molar-refractivity contribution is 0.0995. The minimum absolute atomic E-state index is 0.252. The van der Waals surface area contributed by atoms with Crippen LogP contribution in [0.2, 0.25) is 0 Å². The van der Waals surface area contributed by atoms with Crippen LogP contribution in [0.4, 0.5) is 11.8 Å². The van der Waals surface area contributed by atoms with Crippen molar-refractivity contribution in [2.24, 2.45) is 16.6 Å². The highest BCUT2D eigenvalue weighted by atomic mass is 16.1. The number of rotatable bonds is 3. The lowest BCUT2D eigenvalue weighted by atomic mass is 9.93. The van der Waals surface area contributed by atoms with Gasteiger partial charge in [-0.15, -0.1) is 0 Å². The number of anilines is 2. The summed E-state index contributed by atoms with van der Waals surface area (Å²) in [5.41, 5.74) is 6.32. The molecule has 1 aromatic rings. The van der Waals surface area contributed by atoms with Crippen LogP contribution < -0.4 is 15.5 Å². The SMILES string of the molecule is CC1(C)CCN(c2cc(C(N)=O)nc(N3CCC(C)(C)C3)n2)C1. The first-order valence-corrected chi connectivity index (χ1v) is 8.34. The van der Waals surface area contributed by atoms with Crippen LogP contribution >= 0.6 is 0 Å². The van der Waals surface area contributed by atoms with Crippen LogP contribution in [0.25, 0.3) is 0 Å². The molecule has 0 bridgehead atoms. The van der Waals surface area contributed by atoms with Gasteiger partial charge in [0, 0.05) is 32.2 Å². The first-order valence-electron chi connectivity index (χ1n) is 8.34. The Kier molecular flexibility index (Phi) is 3.73. The van der Waals surface area contributed by atoms with E-state index >= 15 is 0 Å². The molecular formula is C17H27N5O. The van der Waals surface area contributed by atoms with Crippen molar-refractivity contribution in [1.82, 2.24) is 9.97 Å². The van der Waals surface area contributed by atoms with Gasteiger partial charge in [-0.05, 0) is 23.7 Å². The fourth-order valence-electron chi connectivity index (χ4n) is 3.44. The van der Waals surface area contributed by atoms with Crippen molar-refractivity contribution in [3.63, 3.8) is 0 Å². The molecule has 1 amide bonds. The third-order valence-corrected chi connectivity index (χ3v) is 4.91. The van der Waals surface area contributed by atoms with E-state index < -0.39 is 5.91 Å². The second-order valence-corrected chi connectivity index (χ2v) is 8.45. The monoisotopic (exact) mass is 317 g/mol. The summed E-state index contributed by atoms with van der Waals surface area (Å²) in [4.78, 5) is 25.2. The van der Waals surface area contributed by atoms with Gasteiger partial charge in [0.25, 0.3) is 5.91 Å². The molecule has 3 heterocycles. The number of hydrogen-bond acceptors (Lipinski definition) is 5. The summed E-state index contributed by atoms with van der Waals surface area (Å²) in [5, 5.41) is 0. The maximum absolute atomic E-state index is 11.7. The van der Waals surface area contributed by atoms with Gasteiger partial charge in [-0.2, -0.15) is 4.98 Å². The molecule has 6 heteroatoms. The van der Waals surface area contributed by atoms with Crippen molar-refractivity contribution in [3.05, 3.63) is 11.8 Å². The van der Waals surface area contributed by atoms with Crippen LogP contribution in [0.5, 0.6) is 0 Å². The number of nitrogens with two attached hydrogens (primary N) is 1. The van der Waals surface area contributed by atoms with Crippen molar-refractivity contribution in [3.8, 4) is 0 Å². The van der Waals surface area contributed by atoms with Gasteiger partial charge in [0.1, 0.15) is 11.5 Å². The van der Waals surface area contributed by atoms with Crippen LogP contribution in [-0.4, -0.2) is 42.1 Å². The van der Waals surface area contributed by atoms with Crippen LogP contribution in [0.3, 0.4) is 0 Å². The van der Waals surface area contributed by atoms with E-state index in [1.807, 2.05) is 0 Å². The highest BCUT2D eigenvalue weighted by Crippen LogP contribution is 2.34. The van der Waals surface area contributed by atoms with Gasteiger partial charge in [-0.25, -0.2) is 4.98 Å². The van der Waals surface area contributed by atoms with Crippen LogP contribution in [0.15, 0.2) is 6.07 Å². The van der Waals surface area contributed by atoms with Gasteiger partial charge in [0.15, 0.2) is 0 Å². The summed E-state index contributed by atoms with van der Waals surface area (Å²) < 4.78 is 0. The molecule has 3 rings (SSSR count). The predicted octanol–water partition coefficient (Wildman–Crippen LogP) is 2.05. The smallest absolute Gasteiger partial charge is 0.267 e. The Labute approximate surface area is 138 Å². The van der Waals surface area contributed by atoms with Crippen molar-refractivity contribution < 1.29 is 4.79 Å². The molecule has 0 atom stereocenters. The molecule has 2 aliphatic heterocycles. The molecule has 2 saturated heterocycles. The molecule has 2 fully saturated rings. The van der Waals surface area contributed by atoms with Gasteiger partial charge in [0.05, 0.1) is 0 Å². The highest BCUT2D eigenvalue weighted by molar-refractivity contribution is 5.91. The van der Waals surface area contributed by atoms with Gasteiger partial charge >= 0.3 is 0 Å². The summed E-state index contributed by atoms with van der Waals surface area (Å²) in [5.74, 6) is 0.956. The maximum atomic E-state index is 11.7. The number of carbonyl (C=O) groups excluding carboxylic acids is 1. The van der Waals surface area contributed by atoms with E-state index in [4.69, 9.17) is 10.7 Å². The van der Waals surface area contributed by atoms with Crippen molar-refractivity contribution in [2.75, 3.05) is 36.0 Å². The largest absolute Gasteiger partial charge is 0.364 e. The molecule has 0 aliphatic carbocycles. The number of nitrogens with zero attached hydrogens (tertiary/aromatic N) is 4. The molecule has 0 spiro atoms. The molecule has 6 nitrogen and oxygen atoms in total. The number of carbonyl (C=O) groups is 1. The molecule has 1 aromatic heterocycles. The molecular weight excluding hydrogens is 290 g/mol. The summed E-state index contributed by atoms with van der Waals surface area (Å²) in [7, 11) is 0. The van der Waals surface area contributed by atoms with Crippen molar-refractivity contribution in [2.45, 2.75) is 40.5 Å². The van der Waals surface area contributed by atoms with E-state index in [9.17, 15) is 4.79 Å². The number of amides is 1. The average Bonchev–Trinajstić information content (AvgIpc) is 3.00. The zero-order valence-electron chi connectivity index (χ0n) is 14.6. The van der Waals surface area contributed by atoms with E-state index in [2.05, 4.69) is 42.5 Å². The van der Waals surface area contributed by atoms with Crippen LogP contribution in [0.1, 0.15) is 51.0 Å². The lowest BCUT2D eigenvalue weighted by Gasteiger charge is -2.24. The predicted molar refractivity (Wildman–Crippen MR) is 91.8 cm³/mol. The summed E-state index contributed by atoms with van der Waals surface area (Å²) in [6.45, 7) is 12.7. The molecule has 23 heavy (non-hydrogen) atoms. The minimum atomic E-state index is -0.494. The van der Waals surface area contributed by atoms with Crippen molar-refractivity contribution >= 4 is 17.7 Å². The molecule has 0 saturated carbocycles. The fraction of sp³-hybridized carbons (Fsp3) is 0.706. The Morgan fingerprint density at radius 1 is 1.04 bits per heavy atom. The van der Waals surface area contributed by atoms with Crippen LogP contribution in [-0.2, 0) is 0 Å². The first-order chi connectivity index (χ1) is 10.7. The van der Waals surface area contributed by atoms with Crippen LogP contribution in [0, 0.1) is 10.8 Å². The normalized spacial score (nSPS) is 22.6. The second kappa shape index (κ2) is 5.35. The number of aromatic nitrogens is 2. The Morgan fingerprint density at radius 2 is 1.61 bits per heavy atom. The highest BCUT2D eigenvalue weighted by Gasteiger charge is 2.33. The van der Waals surface area contributed by atoms with Crippen molar-refractivity contribution in [1.29, 1.82) is 0 Å². The topological polar surface area (TPSA) is 75.3 Å². The molecule has 0 radical (unpaired) electrons. The standard InChI is InChI=1S/C17H27N5O/c1-16(2)5-7-21(10-16)13-9-12(14(18)23)19-15(20-13)22-8-6-17(3,4)11-22/h9H,5-8,10-11H2,1-4H3,(H2,18,23). The Morgan fingerprint density at radius 3 is 2.09 bits per heavy atom. The lowest BCUT2D eigenvalue weighted by Crippen LogP contribution is -2.29. The summed E-state index contributed by atoms with van der Waals surface area (Å²) in [6, 6.07) is 1.73. The zero-order chi connectivity index (χ0) is 16.8. The molecule has 0 unspecified atom stereocenters. The Balaban J connectivity index is 1.93. The van der Waals surface area contributed by atoms with E-state index in [0.29, 0.717) is 11.6 Å². The number of hydrogen-bond donors (Lipinski definition) is 1. The summed E-state index contributed by atoms with van der Waals surface area (Å²) in [6.07, 6.45) is 2.22. The third kappa shape index (κ3) is 3.41. The van der Waals surface area contributed by atoms with Gasteiger partial charge in [-0.1, -0.05) is 27.7 Å². The molecule has 2 aliphatic rings. The number of primary amides is 1. The molecule has 0 aromatic carbocycles. The van der Waals surface area contributed by atoms with Gasteiger partial charge < -0.3 is 15.5 Å². The second-order valence-electron chi connectivity index (χ2n) is 8.45. The van der Waals surface area contributed by atoms with Gasteiger partial charge in [0.2, 0.25) is 5.95 Å². The van der Waals surface area contributed by atoms with E-state index in [-0.39, 0.29) is 10.8 Å². The fourth-order valence-corrected chi connectivity index (χ4v) is 3.44. The summed E-state index contributed by atoms with van der Waals surface area (Å²) >= 11 is 0. The first kappa shape index (κ1) is 16.0. The Bertz CT molecular complexity index is 581. The van der Waals surface area contributed by atoms with E-state index in [1.54, 1.807) is 6.07 Å². The van der Waals surface area contributed by atoms with E-state index in [0.717, 1.165) is 44.8 Å². The minimum Gasteiger partial charge on any atom is -0.364 e. The maximum Gasteiger partial charge on any atom is 0.267 e. The third-order valence-electron chi connectivity index (χ3n) is 4.91. The zero-order valence-corrected chi connectivity index (χ0v) is 14.6. The quantitative estimate of drug-likeness (QED) is 0.923. The molecule has 126 valence electrons. The van der Waals surface area contributed by atoms with E-state index in [1.165, 1.54) is 0 Å². The molecule has 2 N–H and O–H groups in total.